The maximum Gasteiger partial charge on any atom is 0.377 e. The SMILES string of the molecule is Cc1cccc[n+]1[B-](c1c(F)c(F)c(F)c(F)c1F)(c1c(F)c(F)c(F)c(F)c1F)c1c(F)c(F)c(F)c(F)c1F.ClC(Cl)Cl. The summed E-state index contributed by atoms with van der Waals surface area (Å²) in [4.78, 5) is 0. The van der Waals surface area contributed by atoms with E-state index >= 15 is 26.3 Å². The van der Waals surface area contributed by atoms with E-state index in [2.05, 4.69) is 0 Å². The second-order valence-electron chi connectivity index (χ2n) is 8.77. The lowest BCUT2D eigenvalue weighted by Gasteiger charge is -2.38. The van der Waals surface area contributed by atoms with Gasteiger partial charge >= 0.3 is 6.28 Å². The first-order valence-electron chi connectivity index (χ1n) is 11.4. The molecule has 0 aliphatic rings. The Morgan fingerprint density at radius 3 is 0.889 bits per heavy atom. The summed E-state index contributed by atoms with van der Waals surface area (Å²) in [5.41, 5.74) is -8.84. The van der Waals surface area contributed by atoms with E-state index in [1.54, 1.807) is 0 Å². The number of alkyl halides is 3. The molecular weight excluding hydrogens is 716 g/mol. The monoisotopic (exact) mass is 723 g/mol. The molecule has 20 heteroatoms. The lowest BCUT2D eigenvalue weighted by Crippen LogP contribution is -2.89. The summed E-state index contributed by atoms with van der Waals surface area (Å²) in [5, 5.41) is 0. The maximum atomic E-state index is 15.4. The third-order valence-corrected chi connectivity index (χ3v) is 6.50. The van der Waals surface area contributed by atoms with E-state index in [1.807, 2.05) is 0 Å². The van der Waals surface area contributed by atoms with Crippen molar-refractivity contribution in [2.45, 2.75) is 11.2 Å². The number of rotatable bonds is 4. The Bertz CT molecular complexity index is 1580. The molecule has 0 amide bonds. The number of halogens is 18. The summed E-state index contributed by atoms with van der Waals surface area (Å²) >= 11 is 14.4. The number of nitrogens with zero attached hydrogens (tertiary/aromatic N) is 1. The Morgan fingerprint density at radius 1 is 0.444 bits per heavy atom. The zero-order chi connectivity index (χ0) is 34.5. The molecule has 1 nitrogen and oxygen atoms in total. The third-order valence-electron chi connectivity index (χ3n) is 6.50. The van der Waals surface area contributed by atoms with E-state index in [9.17, 15) is 39.5 Å². The summed E-state index contributed by atoms with van der Waals surface area (Å²) in [6.07, 6.45) is -5.47. The van der Waals surface area contributed by atoms with Crippen LogP contribution in [0.5, 0.6) is 0 Å². The first-order valence-corrected chi connectivity index (χ1v) is 12.7. The van der Waals surface area contributed by atoms with Crippen molar-refractivity contribution in [3.63, 3.8) is 0 Å². The molecule has 0 saturated heterocycles. The molecule has 0 radical (unpaired) electrons. The van der Waals surface area contributed by atoms with Gasteiger partial charge in [-0.05, 0) is 28.5 Å². The van der Waals surface area contributed by atoms with E-state index in [0.717, 1.165) is 19.1 Å². The first-order chi connectivity index (χ1) is 20.8. The summed E-state index contributed by atoms with van der Waals surface area (Å²) in [7, 11) is 0. The van der Waals surface area contributed by atoms with Crippen LogP contribution < -0.4 is 20.9 Å². The van der Waals surface area contributed by atoms with E-state index in [0.29, 0.717) is 12.3 Å². The fourth-order valence-electron chi connectivity index (χ4n) is 4.79. The normalized spacial score (nSPS) is 11.6. The first kappa shape index (κ1) is 36.2. The Kier molecular flexibility index (Phi) is 10.6. The number of aromatic nitrogens is 1. The van der Waals surface area contributed by atoms with Gasteiger partial charge in [-0.1, -0.05) is 40.9 Å². The molecule has 45 heavy (non-hydrogen) atoms. The van der Waals surface area contributed by atoms with E-state index < -0.39 is 120 Å². The summed E-state index contributed by atoms with van der Waals surface area (Å²) in [5.74, 6) is -45.6. The van der Waals surface area contributed by atoms with Crippen molar-refractivity contribution < 1.29 is 70.3 Å². The standard InChI is InChI=1S/C24H7BF15N.CHCl3/c1-6-4-2-3-5-41(6)25(7-10(26)16(32)22(38)17(33)11(7)27,8-12(28)18(34)23(39)19(35)13(8)29)9-14(30)20(36)24(40)21(37)15(9)31;2-1(3)4/h2-5H,1H3;1H. The van der Waals surface area contributed by atoms with Crippen LogP contribution in [0.3, 0.4) is 0 Å². The molecule has 1 heterocycles. The van der Waals surface area contributed by atoms with Crippen molar-refractivity contribution in [1.82, 2.24) is 0 Å². The van der Waals surface area contributed by atoms with Crippen molar-refractivity contribution in [2.75, 3.05) is 0 Å². The molecule has 1 aromatic heterocycles. The second kappa shape index (κ2) is 13.2. The van der Waals surface area contributed by atoms with E-state index in [1.165, 1.54) is 0 Å². The minimum atomic E-state index is -5.83. The molecule has 3 aromatic carbocycles. The molecule has 242 valence electrons. The van der Waals surface area contributed by atoms with Crippen molar-refractivity contribution in [2.24, 2.45) is 0 Å². The van der Waals surface area contributed by atoms with Gasteiger partial charge in [-0.3, -0.25) is 0 Å². The number of pyridine rings is 1. The van der Waals surface area contributed by atoms with Crippen LogP contribution in [0.15, 0.2) is 24.4 Å². The third kappa shape index (κ3) is 5.67. The van der Waals surface area contributed by atoms with Gasteiger partial charge in [-0.15, -0.1) is 0 Å². The minimum Gasteiger partial charge on any atom is -0.412 e. The quantitative estimate of drug-likeness (QED) is 0.0712. The van der Waals surface area contributed by atoms with Gasteiger partial charge in [-0.2, -0.15) is 0 Å². The highest BCUT2D eigenvalue weighted by Crippen LogP contribution is 2.27. The Labute approximate surface area is 256 Å². The highest BCUT2D eigenvalue weighted by molar-refractivity contribution is 7.05. The van der Waals surface area contributed by atoms with Gasteiger partial charge in [0, 0.05) is 6.92 Å². The van der Waals surface area contributed by atoms with Gasteiger partial charge < -0.3 is 4.48 Å². The largest absolute Gasteiger partial charge is 0.412 e. The molecule has 0 unspecified atom stereocenters. The molecule has 0 saturated carbocycles. The van der Waals surface area contributed by atoms with Crippen LogP contribution in [0, 0.1) is 94.2 Å². The average Bonchev–Trinajstić information content (AvgIpc) is 2.98. The van der Waals surface area contributed by atoms with Gasteiger partial charge in [0.25, 0.3) is 0 Å². The molecule has 0 aliphatic heterocycles. The molecule has 4 aromatic rings. The van der Waals surface area contributed by atoms with Crippen LogP contribution in [0.1, 0.15) is 5.69 Å². The molecule has 0 N–H and O–H groups in total. The second-order valence-corrected chi connectivity index (χ2v) is 10.7. The Hall–Kier alpha value is -3.31. The molecule has 4 rings (SSSR count). The van der Waals surface area contributed by atoms with Gasteiger partial charge in [0.15, 0.2) is 56.7 Å². The van der Waals surface area contributed by atoms with Crippen LogP contribution in [-0.4, -0.2) is 10.6 Å². The molecular formula is C25H8BCl3F15N. The molecule has 0 fully saturated rings. The fourth-order valence-corrected chi connectivity index (χ4v) is 4.79. The number of benzene rings is 3. The predicted octanol–water partition coefficient (Wildman–Crippen LogP) is 6.87. The zero-order valence-electron chi connectivity index (χ0n) is 21.2. The van der Waals surface area contributed by atoms with Gasteiger partial charge in [0.05, 0.1) is 0 Å². The van der Waals surface area contributed by atoms with Crippen molar-refractivity contribution in [1.29, 1.82) is 0 Å². The summed E-state index contributed by atoms with van der Waals surface area (Å²) in [6.45, 7) is 0.778. The number of hydrogen-bond acceptors (Lipinski definition) is 0. The van der Waals surface area contributed by atoms with E-state index in [-0.39, 0.29) is 4.48 Å². The van der Waals surface area contributed by atoms with Crippen LogP contribution >= 0.6 is 34.8 Å². The Morgan fingerprint density at radius 2 is 0.667 bits per heavy atom. The summed E-state index contributed by atoms with van der Waals surface area (Å²) < 4.78 is 221. The maximum absolute atomic E-state index is 15.4. The zero-order valence-corrected chi connectivity index (χ0v) is 23.5. The summed E-state index contributed by atoms with van der Waals surface area (Å²) in [6, 6.07) is 2.50. The smallest absolute Gasteiger partial charge is 0.377 e. The van der Waals surface area contributed by atoms with Crippen LogP contribution in [-0.2, 0) is 0 Å². The van der Waals surface area contributed by atoms with Gasteiger partial charge in [0.1, 0.15) is 46.8 Å². The van der Waals surface area contributed by atoms with Crippen molar-refractivity contribution >= 4 is 57.5 Å². The molecule has 0 aliphatic carbocycles. The van der Waals surface area contributed by atoms with Crippen LogP contribution in [0.4, 0.5) is 65.9 Å². The van der Waals surface area contributed by atoms with E-state index in [4.69, 9.17) is 34.8 Å². The van der Waals surface area contributed by atoms with Crippen molar-refractivity contribution in [3.8, 4) is 0 Å². The lowest BCUT2D eigenvalue weighted by atomic mass is 9.23. The average molecular weight is 724 g/mol. The van der Waals surface area contributed by atoms with Crippen LogP contribution in [0.25, 0.3) is 0 Å². The number of aryl methyl sites for hydroxylation is 1. The molecule has 0 bridgehead atoms. The molecule has 0 atom stereocenters. The van der Waals surface area contributed by atoms with Gasteiger partial charge in [-0.25, -0.2) is 65.9 Å². The Balaban J connectivity index is 0.00000130. The fraction of sp³-hybridized carbons (Fsp3) is 0.0800. The number of hydrogen-bond donors (Lipinski definition) is 0. The molecule has 0 spiro atoms. The highest BCUT2D eigenvalue weighted by Gasteiger charge is 2.57. The van der Waals surface area contributed by atoms with Gasteiger partial charge in [0.2, 0.25) is 0 Å². The predicted molar refractivity (Wildman–Crippen MR) is 131 cm³/mol. The van der Waals surface area contributed by atoms with Crippen molar-refractivity contribution in [3.05, 3.63) is 117 Å². The topological polar surface area (TPSA) is 3.88 Å². The highest BCUT2D eigenvalue weighted by atomic mass is 35.6. The van der Waals surface area contributed by atoms with Crippen LogP contribution in [0.2, 0.25) is 0 Å². The lowest BCUT2D eigenvalue weighted by molar-refractivity contribution is -0.547. The minimum absolute atomic E-state index is 0.130.